The maximum absolute atomic E-state index is 11.8. The Kier molecular flexibility index (Phi) is 5.76. The van der Waals surface area contributed by atoms with Crippen molar-refractivity contribution < 1.29 is 14.6 Å². The van der Waals surface area contributed by atoms with E-state index < -0.39 is 0 Å². The lowest BCUT2D eigenvalue weighted by Crippen LogP contribution is -2.24. The summed E-state index contributed by atoms with van der Waals surface area (Å²) in [5.74, 6) is 0.347. The van der Waals surface area contributed by atoms with Crippen molar-refractivity contribution in [2.24, 2.45) is 5.10 Å². The molecule has 2 N–H and O–H groups in total. The van der Waals surface area contributed by atoms with Crippen molar-refractivity contribution in [2.45, 2.75) is 13.8 Å². The first-order valence-corrected chi connectivity index (χ1v) is 7.76. The number of amides is 1. The number of aromatic hydroxyl groups is 1. The highest BCUT2D eigenvalue weighted by Crippen LogP contribution is 2.30. The third-order valence-electron chi connectivity index (χ3n) is 3.05. The number of para-hydroxylation sites is 1. The van der Waals surface area contributed by atoms with Gasteiger partial charge in [-0.2, -0.15) is 5.10 Å². The molecular weight excluding hydrogens is 360 g/mol. The van der Waals surface area contributed by atoms with Gasteiger partial charge in [-0.15, -0.1) is 0 Å². The van der Waals surface area contributed by atoms with Crippen molar-refractivity contribution in [3.63, 3.8) is 0 Å². The Morgan fingerprint density at radius 2 is 2.09 bits per heavy atom. The van der Waals surface area contributed by atoms with Crippen LogP contribution in [0.4, 0.5) is 0 Å². The van der Waals surface area contributed by atoms with Gasteiger partial charge >= 0.3 is 0 Å². The molecule has 0 aliphatic rings. The Morgan fingerprint density at radius 3 is 2.78 bits per heavy atom. The second-order valence-electron chi connectivity index (χ2n) is 5.03. The molecule has 0 heterocycles. The summed E-state index contributed by atoms with van der Waals surface area (Å²) in [4.78, 5) is 11.8. The molecule has 120 valence electrons. The molecule has 2 aromatic carbocycles. The number of aryl methyl sites for hydroxylation is 2. The van der Waals surface area contributed by atoms with Gasteiger partial charge in [0.2, 0.25) is 0 Å². The fourth-order valence-corrected chi connectivity index (χ4v) is 2.81. The summed E-state index contributed by atoms with van der Waals surface area (Å²) >= 11 is 3.43. The number of rotatable bonds is 5. The van der Waals surface area contributed by atoms with Crippen LogP contribution in [-0.2, 0) is 4.79 Å². The van der Waals surface area contributed by atoms with E-state index in [9.17, 15) is 9.90 Å². The zero-order valence-electron chi connectivity index (χ0n) is 12.8. The number of hydrazone groups is 1. The van der Waals surface area contributed by atoms with Crippen molar-refractivity contribution in [1.29, 1.82) is 0 Å². The van der Waals surface area contributed by atoms with E-state index in [1.165, 1.54) is 6.21 Å². The van der Waals surface area contributed by atoms with Crippen LogP contribution >= 0.6 is 15.9 Å². The van der Waals surface area contributed by atoms with Gasteiger partial charge < -0.3 is 9.84 Å². The summed E-state index contributed by atoms with van der Waals surface area (Å²) in [5.41, 5.74) is 4.93. The van der Waals surface area contributed by atoms with E-state index in [0.29, 0.717) is 11.3 Å². The minimum Gasteiger partial charge on any atom is -0.507 e. The molecule has 0 aliphatic heterocycles. The molecule has 5 nitrogen and oxygen atoms in total. The highest BCUT2D eigenvalue weighted by atomic mass is 79.9. The van der Waals surface area contributed by atoms with Gasteiger partial charge in [0.15, 0.2) is 6.61 Å². The van der Waals surface area contributed by atoms with Gasteiger partial charge in [-0.05, 0) is 59.1 Å². The second-order valence-corrected chi connectivity index (χ2v) is 5.89. The molecule has 0 radical (unpaired) electrons. The van der Waals surface area contributed by atoms with E-state index in [1.807, 2.05) is 26.0 Å². The van der Waals surface area contributed by atoms with Gasteiger partial charge in [0.25, 0.3) is 5.91 Å². The van der Waals surface area contributed by atoms with Crippen LogP contribution in [0.2, 0.25) is 0 Å². The average Bonchev–Trinajstić information content (AvgIpc) is 2.48. The molecule has 0 bridgehead atoms. The highest BCUT2D eigenvalue weighted by Gasteiger charge is 2.08. The molecule has 0 saturated heterocycles. The van der Waals surface area contributed by atoms with Crippen LogP contribution in [0.25, 0.3) is 0 Å². The van der Waals surface area contributed by atoms with Crippen LogP contribution in [-0.4, -0.2) is 23.8 Å². The van der Waals surface area contributed by atoms with Crippen LogP contribution in [0, 0.1) is 13.8 Å². The molecule has 2 aromatic rings. The second kappa shape index (κ2) is 7.78. The molecule has 1 amide bonds. The fraction of sp³-hybridized carbons (Fsp3) is 0.176. The fourth-order valence-electron chi connectivity index (χ4n) is 2.03. The van der Waals surface area contributed by atoms with Crippen molar-refractivity contribution in [1.82, 2.24) is 5.43 Å². The maximum Gasteiger partial charge on any atom is 0.277 e. The number of hydrogen-bond acceptors (Lipinski definition) is 4. The molecule has 0 aromatic heterocycles. The Labute approximate surface area is 143 Å². The lowest BCUT2D eigenvalue weighted by Gasteiger charge is -2.11. The summed E-state index contributed by atoms with van der Waals surface area (Å²) in [6.45, 7) is 3.75. The van der Waals surface area contributed by atoms with E-state index in [-0.39, 0.29) is 18.3 Å². The number of hydrogen-bond donors (Lipinski definition) is 2. The molecule has 0 saturated carbocycles. The normalized spacial score (nSPS) is 10.7. The average molecular weight is 377 g/mol. The topological polar surface area (TPSA) is 70.9 Å². The number of ether oxygens (including phenoxy) is 1. The minimum absolute atomic E-state index is 0.0981. The Balaban J connectivity index is 1.90. The van der Waals surface area contributed by atoms with Crippen LogP contribution in [0.1, 0.15) is 16.7 Å². The zero-order chi connectivity index (χ0) is 16.8. The monoisotopic (exact) mass is 376 g/mol. The van der Waals surface area contributed by atoms with Crippen molar-refractivity contribution in [3.05, 3.63) is 57.6 Å². The quantitative estimate of drug-likeness (QED) is 0.621. The predicted molar refractivity (Wildman–Crippen MR) is 93.0 cm³/mol. The molecule has 0 atom stereocenters. The lowest BCUT2D eigenvalue weighted by molar-refractivity contribution is -0.123. The number of phenols is 1. The third-order valence-corrected chi connectivity index (χ3v) is 3.64. The zero-order valence-corrected chi connectivity index (χ0v) is 14.4. The molecule has 0 fully saturated rings. The minimum atomic E-state index is -0.386. The molecule has 0 unspecified atom stereocenters. The summed E-state index contributed by atoms with van der Waals surface area (Å²) in [7, 11) is 0. The van der Waals surface area contributed by atoms with Gasteiger partial charge in [-0.1, -0.05) is 18.2 Å². The first-order chi connectivity index (χ1) is 11.0. The van der Waals surface area contributed by atoms with Crippen molar-refractivity contribution in [3.8, 4) is 11.5 Å². The number of benzene rings is 2. The van der Waals surface area contributed by atoms with Gasteiger partial charge in [-0.25, -0.2) is 5.43 Å². The first-order valence-electron chi connectivity index (χ1n) is 6.97. The van der Waals surface area contributed by atoms with Crippen LogP contribution < -0.4 is 10.2 Å². The Morgan fingerprint density at radius 1 is 1.35 bits per heavy atom. The number of carbonyl (C=O) groups excluding carboxylic acids is 1. The molecule has 0 spiro atoms. The van der Waals surface area contributed by atoms with Gasteiger partial charge in [0.1, 0.15) is 11.5 Å². The van der Waals surface area contributed by atoms with Crippen molar-refractivity contribution in [2.75, 3.05) is 6.61 Å². The third kappa shape index (κ3) is 4.82. The van der Waals surface area contributed by atoms with Gasteiger partial charge in [0.05, 0.1) is 10.7 Å². The molecular formula is C17H17BrN2O3. The van der Waals surface area contributed by atoms with Gasteiger partial charge in [-0.3, -0.25) is 4.79 Å². The Hall–Kier alpha value is -2.34. The maximum atomic E-state index is 11.8. The lowest BCUT2D eigenvalue weighted by atomic mass is 10.1. The molecule has 23 heavy (non-hydrogen) atoms. The number of nitrogens with one attached hydrogen (secondary N) is 1. The highest BCUT2D eigenvalue weighted by molar-refractivity contribution is 9.10. The van der Waals surface area contributed by atoms with Crippen LogP contribution in [0.15, 0.2) is 46.0 Å². The summed E-state index contributed by atoms with van der Waals surface area (Å²) in [5, 5.41) is 13.4. The summed E-state index contributed by atoms with van der Waals surface area (Å²) < 4.78 is 6.33. The summed E-state index contributed by atoms with van der Waals surface area (Å²) in [6, 6.07) is 10.6. The first kappa shape index (κ1) is 17.0. The van der Waals surface area contributed by atoms with E-state index in [4.69, 9.17) is 4.74 Å². The van der Waals surface area contributed by atoms with Gasteiger partial charge in [0, 0.05) is 5.56 Å². The SMILES string of the molecule is Cc1cc(C)c(OCC(=O)N/N=C/c2ccccc2O)c(Br)c1. The molecule has 6 heteroatoms. The smallest absolute Gasteiger partial charge is 0.277 e. The van der Waals surface area contributed by atoms with Crippen LogP contribution in [0.5, 0.6) is 11.5 Å². The molecule has 2 rings (SSSR count). The number of phenolic OH excluding ortho intramolecular Hbond substituents is 1. The predicted octanol–water partition coefficient (Wildman–Crippen LogP) is 3.30. The van der Waals surface area contributed by atoms with E-state index in [0.717, 1.165) is 15.6 Å². The van der Waals surface area contributed by atoms with Crippen molar-refractivity contribution >= 4 is 28.1 Å². The van der Waals surface area contributed by atoms with Crippen LogP contribution in [0.3, 0.4) is 0 Å². The standard InChI is InChI=1S/C17H17BrN2O3/c1-11-7-12(2)17(14(18)8-11)23-10-16(22)20-19-9-13-5-3-4-6-15(13)21/h3-9,21H,10H2,1-2H3,(H,20,22)/b19-9+. The number of nitrogens with zero attached hydrogens (tertiary/aromatic N) is 1. The largest absolute Gasteiger partial charge is 0.507 e. The number of carbonyl (C=O) groups is 1. The number of halogens is 1. The van der Waals surface area contributed by atoms with E-state index >= 15 is 0 Å². The summed E-state index contributed by atoms with van der Waals surface area (Å²) in [6.07, 6.45) is 1.38. The molecule has 0 aliphatic carbocycles. The Bertz CT molecular complexity index is 721. The van der Waals surface area contributed by atoms with E-state index in [1.54, 1.807) is 24.3 Å². The van der Waals surface area contributed by atoms with E-state index in [2.05, 4.69) is 26.5 Å².